The monoisotopic (exact) mass is 186 g/mol. The van der Waals surface area contributed by atoms with Crippen LogP contribution in [0.25, 0.3) is 0 Å². The summed E-state index contributed by atoms with van der Waals surface area (Å²) in [5.74, 6) is -0.106. The lowest BCUT2D eigenvalue weighted by Gasteiger charge is -2.32. The second kappa shape index (κ2) is 4.72. The van der Waals surface area contributed by atoms with E-state index in [4.69, 9.17) is 5.73 Å². The van der Waals surface area contributed by atoms with Crippen molar-refractivity contribution in [3.63, 3.8) is 0 Å². The molecule has 0 atom stereocenters. The van der Waals surface area contributed by atoms with Gasteiger partial charge in [0.1, 0.15) is 5.83 Å². The molecule has 0 aliphatic carbocycles. The highest BCUT2D eigenvalue weighted by Gasteiger charge is 2.18. The van der Waals surface area contributed by atoms with Crippen molar-refractivity contribution in [2.45, 2.75) is 32.7 Å². The standard InChI is InChI=1S/C10H19FN2/c1-8(2)13-5-3-4-9(7-13)10(11)6-12/h8H,3-7,12H2,1-2H3/b10-9+. The quantitative estimate of drug-likeness (QED) is 0.711. The highest BCUT2D eigenvalue weighted by atomic mass is 19.1. The Morgan fingerprint density at radius 3 is 2.85 bits per heavy atom. The number of hydrogen-bond donors (Lipinski definition) is 1. The Bertz CT molecular complexity index is 199. The van der Waals surface area contributed by atoms with Crippen LogP contribution in [0.15, 0.2) is 11.4 Å². The molecule has 3 heteroatoms. The summed E-state index contributed by atoms with van der Waals surface area (Å²) in [7, 11) is 0. The summed E-state index contributed by atoms with van der Waals surface area (Å²) in [6.45, 7) is 6.19. The van der Waals surface area contributed by atoms with Gasteiger partial charge in [-0.15, -0.1) is 0 Å². The fourth-order valence-electron chi connectivity index (χ4n) is 1.71. The van der Waals surface area contributed by atoms with Crippen LogP contribution in [0.2, 0.25) is 0 Å². The van der Waals surface area contributed by atoms with E-state index >= 15 is 0 Å². The van der Waals surface area contributed by atoms with Gasteiger partial charge in [-0.2, -0.15) is 0 Å². The van der Waals surface area contributed by atoms with Crippen molar-refractivity contribution in [3.05, 3.63) is 11.4 Å². The molecule has 1 saturated heterocycles. The highest BCUT2D eigenvalue weighted by Crippen LogP contribution is 2.20. The molecule has 0 spiro atoms. The van der Waals surface area contributed by atoms with Crippen LogP contribution in [-0.4, -0.2) is 30.6 Å². The van der Waals surface area contributed by atoms with Gasteiger partial charge in [-0.05, 0) is 38.8 Å². The normalized spacial score (nSPS) is 23.8. The van der Waals surface area contributed by atoms with Crippen molar-refractivity contribution in [1.82, 2.24) is 4.90 Å². The Kier molecular flexibility index (Phi) is 3.88. The third kappa shape index (κ3) is 2.78. The van der Waals surface area contributed by atoms with Crippen molar-refractivity contribution < 1.29 is 4.39 Å². The number of rotatable bonds is 2. The van der Waals surface area contributed by atoms with Crippen molar-refractivity contribution in [2.75, 3.05) is 19.6 Å². The molecule has 0 amide bonds. The largest absolute Gasteiger partial charge is 0.325 e. The van der Waals surface area contributed by atoms with E-state index in [2.05, 4.69) is 18.7 Å². The zero-order valence-electron chi connectivity index (χ0n) is 8.52. The van der Waals surface area contributed by atoms with Crippen LogP contribution in [0, 0.1) is 0 Å². The molecule has 1 fully saturated rings. The first-order valence-corrected chi connectivity index (χ1v) is 4.95. The number of piperidine rings is 1. The first kappa shape index (κ1) is 10.7. The SMILES string of the molecule is CC(C)N1CCC/C(=C(\F)CN)C1. The van der Waals surface area contributed by atoms with Crippen molar-refractivity contribution in [3.8, 4) is 0 Å². The molecule has 76 valence electrons. The van der Waals surface area contributed by atoms with Gasteiger partial charge >= 0.3 is 0 Å². The molecule has 0 saturated carbocycles. The van der Waals surface area contributed by atoms with Gasteiger partial charge in [-0.25, -0.2) is 4.39 Å². The lowest BCUT2D eigenvalue weighted by molar-refractivity contribution is 0.213. The van der Waals surface area contributed by atoms with E-state index in [1.165, 1.54) is 0 Å². The second-order valence-corrected chi connectivity index (χ2v) is 3.88. The summed E-state index contributed by atoms with van der Waals surface area (Å²) in [5.41, 5.74) is 6.18. The number of nitrogens with two attached hydrogens (primary N) is 1. The third-order valence-corrected chi connectivity index (χ3v) is 2.61. The molecule has 0 radical (unpaired) electrons. The predicted octanol–water partition coefficient (Wildman–Crippen LogP) is 1.67. The molecule has 2 N–H and O–H groups in total. The van der Waals surface area contributed by atoms with E-state index in [1.54, 1.807) is 0 Å². The number of halogens is 1. The molecule has 0 unspecified atom stereocenters. The smallest absolute Gasteiger partial charge is 0.114 e. The van der Waals surface area contributed by atoms with E-state index in [1.807, 2.05) is 0 Å². The lowest BCUT2D eigenvalue weighted by atomic mass is 10.0. The van der Waals surface area contributed by atoms with Crippen LogP contribution in [0.1, 0.15) is 26.7 Å². The molecule has 1 aliphatic rings. The van der Waals surface area contributed by atoms with Crippen LogP contribution in [0.3, 0.4) is 0 Å². The van der Waals surface area contributed by atoms with E-state index in [9.17, 15) is 4.39 Å². The zero-order valence-corrected chi connectivity index (χ0v) is 8.52. The van der Waals surface area contributed by atoms with Gasteiger partial charge < -0.3 is 5.73 Å². The number of hydrogen-bond acceptors (Lipinski definition) is 2. The van der Waals surface area contributed by atoms with E-state index < -0.39 is 0 Å². The van der Waals surface area contributed by atoms with Gasteiger partial charge in [-0.3, -0.25) is 4.90 Å². The number of likely N-dealkylation sites (tertiary alicyclic amines) is 1. The Morgan fingerprint density at radius 2 is 2.31 bits per heavy atom. The topological polar surface area (TPSA) is 29.3 Å². The van der Waals surface area contributed by atoms with Gasteiger partial charge in [0.25, 0.3) is 0 Å². The summed E-state index contributed by atoms with van der Waals surface area (Å²) >= 11 is 0. The average Bonchev–Trinajstić information content (AvgIpc) is 2.17. The molecule has 13 heavy (non-hydrogen) atoms. The molecule has 0 aromatic carbocycles. The van der Waals surface area contributed by atoms with Gasteiger partial charge in [-0.1, -0.05) is 0 Å². The molecular formula is C10H19FN2. The minimum absolute atomic E-state index is 0.0568. The Balaban J connectivity index is 2.61. The minimum atomic E-state index is -0.106. The molecule has 1 aliphatic heterocycles. The number of nitrogens with zero attached hydrogens (tertiary/aromatic N) is 1. The van der Waals surface area contributed by atoms with Crippen LogP contribution in [0.5, 0.6) is 0 Å². The molecule has 0 bridgehead atoms. The second-order valence-electron chi connectivity index (χ2n) is 3.88. The predicted molar refractivity (Wildman–Crippen MR) is 53.1 cm³/mol. The highest BCUT2D eigenvalue weighted by molar-refractivity contribution is 5.13. The van der Waals surface area contributed by atoms with Crippen LogP contribution in [-0.2, 0) is 0 Å². The molecule has 1 rings (SSSR count). The van der Waals surface area contributed by atoms with Crippen molar-refractivity contribution in [1.29, 1.82) is 0 Å². The molecule has 2 nitrogen and oxygen atoms in total. The summed E-state index contributed by atoms with van der Waals surface area (Å²) in [6, 6.07) is 0.501. The summed E-state index contributed by atoms with van der Waals surface area (Å²) in [4.78, 5) is 2.29. The van der Waals surface area contributed by atoms with E-state index in [0.29, 0.717) is 6.04 Å². The maximum Gasteiger partial charge on any atom is 0.114 e. The van der Waals surface area contributed by atoms with E-state index in [-0.39, 0.29) is 12.4 Å². The lowest BCUT2D eigenvalue weighted by Crippen LogP contribution is -2.37. The summed E-state index contributed by atoms with van der Waals surface area (Å²) in [6.07, 6.45) is 1.94. The Morgan fingerprint density at radius 1 is 1.62 bits per heavy atom. The summed E-state index contributed by atoms with van der Waals surface area (Å²) < 4.78 is 13.2. The molecule has 1 heterocycles. The van der Waals surface area contributed by atoms with Gasteiger partial charge in [0, 0.05) is 19.1 Å². The maximum absolute atomic E-state index is 13.2. The summed E-state index contributed by atoms with van der Waals surface area (Å²) in [5, 5.41) is 0. The Labute approximate surface area is 79.6 Å². The average molecular weight is 186 g/mol. The van der Waals surface area contributed by atoms with Crippen LogP contribution >= 0.6 is 0 Å². The van der Waals surface area contributed by atoms with Crippen LogP contribution < -0.4 is 5.73 Å². The van der Waals surface area contributed by atoms with Gasteiger partial charge in [0.2, 0.25) is 0 Å². The minimum Gasteiger partial charge on any atom is -0.325 e. The molecule has 0 aromatic rings. The van der Waals surface area contributed by atoms with Crippen molar-refractivity contribution in [2.24, 2.45) is 5.73 Å². The first-order chi connectivity index (χ1) is 6.15. The fraction of sp³-hybridized carbons (Fsp3) is 0.800. The van der Waals surface area contributed by atoms with E-state index in [0.717, 1.165) is 31.5 Å². The van der Waals surface area contributed by atoms with Crippen LogP contribution in [0.4, 0.5) is 4.39 Å². The maximum atomic E-state index is 13.2. The zero-order chi connectivity index (χ0) is 9.84. The Hall–Kier alpha value is -0.410. The van der Waals surface area contributed by atoms with Gasteiger partial charge in [0.15, 0.2) is 0 Å². The molecule has 0 aromatic heterocycles. The van der Waals surface area contributed by atoms with Gasteiger partial charge in [0.05, 0.1) is 0 Å². The first-order valence-electron chi connectivity index (χ1n) is 4.95. The third-order valence-electron chi connectivity index (χ3n) is 2.61. The molecular weight excluding hydrogens is 167 g/mol. The fourth-order valence-corrected chi connectivity index (χ4v) is 1.71. The van der Waals surface area contributed by atoms with Crippen molar-refractivity contribution >= 4 is 0 Å².